The summed E-state index contributed by atoms with van der Waals surface area (Å²) in [5, 5.41) is 0. The molecule has 76 valence electrons. The Hall–Kier alpha value is -1.32. The Balaban J connectivity index is 3.21. The number of rotatable bonds is 2. The molecule has 4 heteroatoms. The fraction of sp³-hybridized carbons (Fsp3) is 0.300. The summed E-state index contributed by atoms with van der Waals surface area (Å²) in [6.07, 6.45) is 0. The second-order valence-electron chi connectivity index (χ2n) is 3.40. The molecular formula is C10H9F3O. The van der Waals surface area contributed by atoms with Crippen molar-refractivity contribution in [2.45, 2.75) is 19.5 Å². The minimum Gasteiger partial charge on any atom is -0.290 e. The topological polar surface area (TPSA) is 17.1 Å². The Labute approximate surface area is 79.5 Å². The van der Waals surface area contributed by atoms with Gasteiger partial charge in [0.1, 0.15) is 0 Å². The average molecular weight is 202 g/mol. The minimum atomic E-state index is -2.20. The molecule has 0 saturated carbocycles. The van der Waals surface area contributed by atoms with Crippen molar-refractivity contribution in [3.63, 3.8) is 0 Å². The van der Waals surface area contributed by atoms with Crippen LogP contribution in [0.15, 0.2) is 18.2 Å². The molecule has 0 unspecified atom stereocenters. The average Bonchev–Trinajstić information content (AvgIpc) is 2.07. The molecule has 0 atom stereocenters. The van der Waals surface area contributed by atoms with Gasteiger partial charge in [-0.1, -0.05) is 6.07 Å². The number of hydrogen-bond donors (Lipinski definition) is 0. The minimum absolute atomic E-state index is 0.558. The maximum absolute atomic E-state index is 13.1. The first kappa shape index (κ1) is 10.8. The van der Waals surface area contributed by atoms with Gasteiger partial charge in [0.25, 0.3) is 0 Å². The largest absolute Gasteiger partial charge is 0.290 e. The van der Waals surface area contributed by atoms with Gasteiger partial charge in [-0.3, -0.25) is 4.79 Å². The number of ketones is 1. The van der Waals surface area contributed by atoms with E-state index in [9.17, 15) is 18.0 Å². The first-order valence-electron chi connectivity index (χ1n) is 4.02. The van der Waals surface area contributed by atoms with E-state index in [-0.39, 0.29) is 0 Å². The highest BCUT2D eigenvalue weighted by Crippen LogP contribution is 2.20. The van der Waals surface area contributed by atoms with Crippen LogP contribution in [0.3, 0.4) is 0 Å². The Morgan fingerprint density at radius 2 is 1.86 bits per heavy atom. The molecule has 0 bridgehead atoms. The van der Waals surface area contributed by atoms with E-state index in [0.29, 0.717) is 0 Å². The van der Waals surface area contributed by atoms with Crippen LogP contribution in [-0.4, -0.2) is 11.5 Å². The third kappa shape index (κ3) is 1.95. The second-order valence-corrected chi connectivity index (χ2v) is 3.40. The van der Waals surface area contributed by atoms with Gasteiger partial charge in [0, 0.05) is 0 Å². The molecule has 14 heavy (non-hydrogen) atoms. The van der Waals surface area contributed by atoms with Crippen molar-refractivity contribution >= 4 is 5.78 Å². The first-order valence-corrected chi connectivity index (χ1v) is 4.02. The van der Waals surface area contributed by atoms with E-state index in [1.54, 1.807) is 0 Å². The molecule has 0 heterocycles. The van der Waals surface area contributed by atoms with Gasteiger partial charge in [0.15, 0.2) is 17.3 Å². The second kappa shape index (κ2) is 3.44. The van der Waals surface area contributed by atoms with Crippen LogP contribution in [0.1, 0.15) is 24.2 Å². The van der Waals surface area contributed by atoms with Gasteiger partial charge in [0.2, 0.25) is 5.78 Å². The Morgan fingerprint density at radius 1 is 1.29 bits per heavy atom. The summed E-state index contributed by atoms with van der Waals surface area (Å²) >= 11 is 0. The Morgan fingerprint density at radius 3 is 2.36 bits per heavy atom. The first-order chi connectivity index (χ1) is 6.34. The van der Waals surface area contributed by atoms with E-state index >= 15 is 0 Å². The normalized spacial score (nSPS) is 11.5. The fourth-order valence-electron chi connectivity index (χ4n) is 0.999. The Bertz CT molecular complexity index is 366. The van der Waals surface area contributed by atoms with Crippen LogP contribution in [-0.2, 0) is 0 Å². The predicted octanol–water partition coefficient (Wildman–Crippen LogP) is 2.90. The third-order valence-corrected chi connectivity index (χ3v) is 1.74. The molecule has 1 rings (SSSR count). The summed E-state index contributed by atoms with van der Waals surface area (Å²) in [7, 11) is 0. The number of hydrogen-bond acceptors (Lipinski definition) is 1. The summed E-state index contributed by atoms with van der Waals surface area (Å²) < 4.78 is 38.8. The monoisotopic (exact) mass is 202 g/mol. The summed E-state index contributed by atoms with van der Waals surface area (Å²) in [5.41, 5.74) is -2.76. The molecule has 0 aliphatic heterocycles. The van der Waals surface area contributed by atoms with E-state index in [2.05, 4.69) is 0 Å². The van der Waals surface area contributed by atoms with Crippen molar-refractivity contribution in [3.8, 4) is 0 Å². The standard InChI is InChI=1S/C10H9F3O/c1-10(2,13)9(14)6-4-3-5-7(11)8(6)12/h3-5H,1-2H3. The zero-order valence-electron chi connectivity index (χ0n) is 7.77. The lowest BCUT2D eigenvalue weighted by molar-refractivity contribution is 0.0754. The third-order valence-electron chi connectivity index (χ3n) is 1.74. The van der Waals surface area contributed by atoms with Crippen molar-refractivity contribution in [2.75, 3.05) is 0 Å². The van der Waals surface area contributed by atoms with Gasteiger partial charge in [0.05, 0.1) is 5.56 Å². The molecule has 0 N–H and O–H groups in total. The summed E-state index contributed by atoms with van der Waals surface area (Å²) in [5.74, 6) is -3.52. The van der Waals surface area contributed by atoms with Crippen molar-refractivity contribution in [2.24, 2.45) is 0 Å². The summed E-state index contributed by atoms with van der Waals surface area (Å²) in [4.78, 5) is 11.3. The molecule has 0 saturated heterocycles. The van der Waals surface area contributed by atoms with E-state index in [4.69, 9.17) is 0 Å². The number of benzene rings is 1. The zero-order valence-corrected chi connectivity index (χ0v) is 7.77. The number of alkyl halides is 1. The molecule has 0 fully saturated rings. The molecule has 0 aromatic heterocycles. The number of carbonyl (C=O) groups is 1. The molecule has 0 spiro atoms. The molecule has 1 aromatic carbocycles. The van der Waals surface area contributed by atoms with Crippen LogP contribution < -0.4 is 0 Å². The van der Waals surface area contributed by atoms with Crippen LogP contribution >= 0.6 is 0 Å². The maximum atomic E-state index is 13.1. The number of halogens is 3. The number of carbonyl (C=O) groups excluding carboxylic acids is 1. The van der Waals surface area contributed by atoms with Crippen LogP contribution in [0.2, 0.25) is 0 Å². The highest BCUT2D eigenvalue weighted by atomic mass is 19.2. The van der Waals surface area contributed by atoms with E-state index in [1.165, 1.54) is 0 Å². The quantitative estimate of drug-likeness (QED) is 0.674. The van der Waals surface area contributed by atoms with Crippen LogP contribution in [0, 0.1) is 11.6 Å². The van der Waals surface area contributed by atoms with Gasteiger partial charge >= 0.3 is 0 Å². The molecule has 0 amide bonds. The maximum Gasteiger partial charge on any atom is 0.202 e. The predicted molar refractivity (Wildman–Crippen MR) is 45.9 cm³/mol. The smallest absolute Gasteiger partial charge is 0.202 e. The molecule has 0 radical (unpaired) electrons. The molecule has 0 aliphatic carbocycles. The fourth-order valence-corrected chi connectivity index (χ4v) is 0.999. The molecular weight excluding hydrogens is 193 g/mol. The van der Waals surface area contributed by atoms with Crippen molar-refractivity contribution in [3.05, 3.63) is 35.4 Å². The van der Waals surface area contributed by atoms with Gasteiger partial charge in [-0.15, -0.1) is 0 Å². The molecule has 0 aliphatic rings. The van der Waals surface area contributed by atoms with Gasteiger partial charge in [-0.25, -0.2) is 13.2 Å². The lowest BCUT2D eigenvalue weighted by Crippen LogP contribution is -2.27. The van der Waals surface area contributed by atoms with Crippen molar-refractivity contribution in [1.29, 1.82) is 0 Å². The zero-order chi connectivity index (χ0) is 10.9. The van der Waals surface area contributed by atoms with Crippen molar-refractivity contribution < 1.29 is 18.0 Å². The van der Waals surface area contributed by atoms with Crippen LogP contribution in [0.25, 0.3) is 0 Å². The van der Waals surface area contributed by atoms with Crippen LogP contribution in [0.4, 0.5) is 13.2 Å². The van der Waals surface area contributed by atoms with Crippen molar-refractivity contribution in [1.82, 2.24) is 0 Å². The number of Topliss-reactive ketones (excluding diaryl/α,β-unsaturated/α-hetero) is 1. The summed E-state index contributed by atoms with van der Waals surface area (Å²) in [6, 6.07) is 3.09. The lowest BCUT2D eigenvalue weighted by atomic mass is 9.98. The highest BCUT2D eigenvalue weighted by Gasteiger charge is 2.30. The molecule has 1 aromatic rings. The van der Waals surface area contributed by atoms with E-state index in [0.717, 1.165) is 32.0 Å². The molecule has 1 nitrogen and oxygen atoms in total. The van der Waals surface area contributed by atoms with E-state index in [1.807, 2.05) is 0 Å². The van der Waals surface area contributed by atoms with Gasteiger partial charge in [-0.05, 0) is 26.0 Å². The SMILES string of the molecule is CC(C)(F)C(=O)c1cccc(F)c1F. The van der Waals surface area contributed by atoms with E-state index < -0.39 is 28.6 Å². The van der Waals surface area contributed by atoms with Gasteiger partial charge < -0.3 is 0 Å². The lowest BCUT2D eigenvalue weighted by Gasteiger charge is -2.12. The van der Waals surface area contributed by atoms with Crippen LogP contribution in [0.5, 0.6) is 0 Å². The summed E-state index contributed by atoms with van der Waals surface area (Å²) in [6.45, 7) is 2.00. The van der Waals surface area contributed by atoms with Gasteiger partial charge in [-0.2, -0.15) is 0 Å². The Kier molecular flexibility index (Phi) is 2.64. The highest BCUT2D eigenvalue weighted by molar-refractivity contribution is 6.02.